The fraction of sp³-hybridized carbons (Fsp3) is 0.294. The van der Waals surface area contributed by atoms with E-state index in [4.69, 9.17) is 0 Å². The maximum atomic E-state index is 14.2. The van der Waals surface area contributed by atoms with Gasteiger partial charge in [0.1, 0.15) is 11.6 Å². The van der Waals surface area contributed by atoms with Crippen molar-refractivity contribution >= 4 is 21.6 Å². The maximum Gasteiger partial charge on any atom is 0.145 e. The number of hydrogen-bond acceptors (Lipinski definition) is 1. The zero-order valence-corrected chi connectivity index (χ0v) is 13.3. The SMILES string of the molecule is CC1Cc2ccccc2N(Cc2c(F)ccc(Br)c2F)C1. The molecule has 4 heteroatoms. The summed E-state index contributed by atoms with van der Waals surface area (Å²) < 4.78 is 28.5. The number of halogens is 3. The fourth-order valence-corrected chi connectivity index (χ4v) is 3.33. The molecule has 0 N–H and O–H groups in total. The Labute approximate surface area is 131 Å². The standard InChI is InChI=1S/C17H16BrF2N/c1-11-8-12-4-2-3-5-16(12)21(9-11)10-13-15(19)7-6-14(18)17(13)20/h2-7,11H,8-10H2,1H3. The van der Waals surface area contributed by atoms with Crippen molar-refractivity contribution in [3.05, 3.63) is 63.6 Å². The van der Waals surface area contributed by atoms with Crippen LogP contribution >= 0.6 is 15.9 Å². The van der Waals surface area contributed by atoms with Gasteiger partial charge in [-0.1, -0.05) is 25.1 Å². The summed E-state index contributed by atoms with van der Waals surface area (Å²) in [5, 5.41) is 0. The molecule has 2 aromatic rings. The van der Waals surface area contributed by atoms with Crippen molar-refractivity contribution in [2.24, 2.45) is 5.92 Å². The summed E-state index contributed by atoms with van der Waals surface area (Å²) in [6.07, 6.45) is 1.01. The number of fused-ring (bicyclic) bond motifs is 1. The van der Waals surface area contributed by atoms with E-state index in [2.05, 4.69) is 33.8 Å². The van der Waals surface area contributed by atoms with Crippen LogP contribution < -0.4 is 4.90 Å². The number of benzene rings is 2. The molecule has 1 heterocycles. The van der Waals surface area contributed by atoms with Crippen LogP contribution in [0.5, 0.6) is 0 Å². The second-order valence-corrected chi connectivity index (χ2v) is 6.49. The van der Waals surface area contributed by atoms with Crippen LogP contribution in [-0.2, 0) is 13.0 Å². The largest absolute Gasteiger partial charge is 0.366 e. The van der Waals surface area contributed by atoms with E-state index in [1.54, 1.807) is 0 Å². The van der Waals surface area contributed by atoms with Crippen molar-refractivity contribution in [2.45, 2.75) is 19.9 Å². The van der Waals surface area contributed by atoms with E-state index < -0.39 is 11.6 Å². The highest BCUT2D eigenvalue weighted by molar-refractivity contribution is 9.10. The van der Waals surface area contributed by atoms with Crippen LogP contribution in [0.4, 0.5) is 14.5 Å². The fourth-order valence-electron chi connectivity index (χ4n) is 2.96. The van der Waals surface area contributed by atoms with Gasteiger partial charge < -0.3 is 4.90 Å². The Morgan fingerprint density at radius 2 is 1.95 bits per heavy atom. The molecular formula is C17H16BrF2N. The molecule has 1 nitrogen and oxygen atoms in total. The molecule has 21 heavy (non-hydrogen) atoms. The lowest BCUT2D eigenvalue weighted by Gasteiger charge is -2.35. The molecule has 0 spiro atoms. The molecule has 0 saturated carbocycles. The summed E-state index contributed by atoms with van der Waals surface area (Å²) in [6, 6.07) is 10.8. The van der Waals surface area contributed by atoms with Crippen LogP contribution in [-0.4, -0.2) is 6.54 Å². The molecule has 0 radical (unpaired) electrons. The molecule has 0 saturated heterocycles. The average molecular weight is 352 g/mol. The Bertz CT molecular complexity index is 672. The van der Waals surface area contributed by atoms with Gasteiger partial charge in [0.2, 0.25) is 0 Å². The number of hydrogen-bond donors (Lipinski definition) is 0. The minimum Gasteiger partial charge on any atom is -0.366 e. The molecule has 110 valence electrons. The highest BCUT2D eigenvalue weighted by Crippen LogP contribution is 2.32. The van der Waals surface area contributed by atoms with E-state index in [0.29, 0.717) is 10.4 Å². The maximum absolute atomic E-state index is 14.2. The Morgan fingerprint density at radius 3 is 2.76 bits per heavy atom. The van der Waals surface area contributed by atoms with Gasteiger partial charge >= 0.3 is 0 Å². The highest BCUT2D eigenvalue weighted by atomic mass is 79.9. The summed E-state index contributed by atoms with van der Waals surface area (Å²) in [4.78, 5) is 2.07. The third-order valence-electron chi connectivity index (χ3n) is 3.92. The van der Waals surface area contributed by atoms with Crippen molar-refractivity contribution in [1.29, 1.82) is 0 Å². The van der Waals surface area contributed by atoms with E-state index in [-0.39, 0.29) is 12.1 Å². The molecule has 1 atom stereocenters. The second-order valence-electron chi connectivity index (χ2n) is 5.64. The number of nitrogens with zero attached hydrogens (tertiary/aromatic N) is 1. The monoisotopic (exact) mass is 351 g/mol. The van der Waals surface area contributed by atoms with Crippen LogP contribution in [0.1, 0.15) is 18.1 Å². The topological polar surface area (TPSA) is 3.24 Å². The summed E-state index contributed by atoms with van der Waals surface area (Å²) in [6.45, 7) is 3.22. The van der Waals surface area contributed by atoms with Crippen LogP contribution in [0.2, 0.25) is 0 Å². The zero-order valence-electron chi connectivity index (χ0n) is 11.7. The first-order valence-electron chi connectivity index (χ1n) is 7.01. The van der Waals surface area contributed by atoms with Gasteiger partial charge in [-0.05, 0) is 52.0 Å². The predicted octanol–water partition coefficient (Wildman–Crippen LogP) is 4.93. The lowest BCUT2D eigenvalue weighted by atomic mass is 9.93. The molecule has 0 amide bonds. The summed E-state index contributed by atoms with van der Waals surface area (Å²) in [7, 11) is 0. The van der Waals surface area contributed by atoms with E-state index in [9.17, 15) is 8.78 Å². The molecule has 0 aliphatic carbocycles. The van der Waals surface area contributed by atoms with Crippen LogP contribution in [0.25, 0.3) is 0 Å². The number of rotatable bonds is 2. The first kappa shape index (κ1) is 14.5. The van der Waals surface area contributed by atoms with Crippen molar-refractivity contribution in [1.82, 2.24) is 0 Å². The van der Waals surface area contributed by atoms with E-state index in [0.717, 1.165) is 18.7 Å². The molecular weight excluding hydrogens is 336 g/mol. The van der Waals surface area contributed by atoms with Gasteiger partial charge in [-0.25, -0.2) is 8.78 Å². The molecule has 2 aromatic carbocycles. The quantitative estimate of drug-likeness (QED) is 0.693. The van der Waals surface area contributed by atoms with Crippen molar-refractivity contribution in [3.63, 3.8) is 0 Å². The molecule has 1 unspecified atom stereocenters. The molecule has 3 rings (SSSR count). The lowest BCUT2D eigenvalue weighted by molar-refractivity contribution is 0.506. The van der Waals surface area contributed by atoms with E-state index in [1.165, 1.54) is 17.7 Å². The third-order valence-corrected chi connectivity index (χ3v) is 4.53. The van der Waals surface area contributed by atoms with Gasteiger partial charge in [-0.3, -0.25) is 0 Å². The Kier molecular flexibility index (Phi) is 3.98. The van der Waals surface area contributed by atoms with Crippen molar-refractivity contribution < 1.29 is 8.78 Å². The van der Waals surface area contributed by atoms with Crippen LogP contribution in [0.15, 0.2) is 40.9 Å². The van der Waals surface area contributed by atoms with Crippen LogP contribution in [0.3, 0.4) is 0 Å². The van der Waals surface area contributed by atoms with Crippen molar-refractivity contribution in [2.75, 3.05) is 11.4 Å². The highest BCUT2D eigenvalue weighted by Gasteiger charge is 2.24. The van der Waals surface area contributed by atoms with Gasteiger partial charge in [0, 0.05) is 24.3 Å². The molecule has 1 aliphatic heterocycles. The second kappa shape index (κ2) is 5.76. The third kappa shape index (κ3) is 2.82. The molecule has 0 bridgehead atoms. The Balaban J connectivity index is 1.98. The Morgan fingerprint density at radius 1 is 1.19 bits per heavy atom. The van der Waals surface area contributed by atoms with Gasteiger partial charge in [0.15, 0.2) is 0 Å². The minimum atomic E-state index is -0.509. The average Bonchev–Trinajstić information content (AvgIpc) is 2.47. The number of para-hydroxylation sites is 1. The zero-order chi connectivity index (χ0) is 15.0. The smallest absolute Gasteiger partial charge is 0.145 e. The van der Waals surface area contributed by atoms with Crippen molar-refractivity contribution in [3.8, 4) is 0 Å². The minimum absolute atomic E-state index is 0.119. The normalized spacial score (nSPS) is 17.7. The first-order valence-corrected chi connectivity index (χ1v) is 7.80. The molecule has 0 aromatic heterocycles. The molecule has 0 fully saturated rings. The lowest BCUT2D eigenvalue weighted by Crippen LogP contribution is -2.34. The number of anilines is 1. The van der Waals surface area contributed by atoms with Gasteiger partial charge in [0.05, 0.1) is 4.47 Å². The summed E-state index contributed by atoms with van der Waals surface area (Å²) in [5.74, 6) is -0.532. The summed E-state index contributed by atoms with van der Waals surface area (Å²) >= 11 is 3.13. The van der Waals surface area contributed by atoms with E-state index >= 15 is 0 Å². The van der Waals surface area contributed by atoms with Gasteiger partial charge in [-0.15, -0.1) is 0 Å². The van der Waals surface area contributed by atoms with Gasteiger partial charge in [0.25, 0.3) is 0 Å². The predicted molar refractivity (Wildman–Crippen MR) is 84.4 cm³/mol. The molecule has 1 aliphatic rings. The van der Waals surface area contributed by atoms with Crippen LogP contribution in [0, 0.1) is 17.6 Å². The van der Waals surface area contributed by atoms with E-state index in [1.807, 2.05) is 18.2 Å². The summed E-state index contributed by atoms with van der Waals surface area (Å²) in [5.41, 5.74) is 2.44. The first-order chi connectivity index (χ1) is 10.1. The van der Waals surface area contributed by atoms with Gasteiger partial charge in [-0.2, -0.15) is 0 Å². The Hall–Kier alpha value is -1.42.